The topological polar surface area (TPSA) is 83.9 Å². The van der Waals surface area contributed by atoms with Gasteiger partial charge in [0.15, 0.2) is 0 Å². The van der Waals surface area contributed by atoms with Crippen molar-refractivity contribution in [2.45, 2.75) is 39.2 Å². The monoisotopic (exact) mass is 315 g/mol. The highest BCUT2D eigenvalue weighted by Gasteiger charge is 2.28. The van der Waals surface area contributed by atoms with E-state index in [1.54, 1.807) is 15.5 Å². The summed E-state index contributed by atoms with van der Waals surface area (Å²) in [4.78, 5) is 31.2. The fourth-order valence-electron chi connectivity index (χ4n) is 3.19. The number of aromatic amines is 1. The second kappa shape index (κ2) is 6.36. The molecule has 122 valence electrons. The zero-order valence-corrected chi connectivity index (χ0v) is 13.5. The second-order valence-corrected chi connectivity index (χ2v) is 5.90. The van der Waals surface area contributed by atoms with Crippen molar-refractivity contribution in [3.8, 4) is 0 Å². The van der Waals surface area contributed by atoms with Crippen molar-refractivity contribution in [2.24, 2.45) is 0 Å². The number of aryl methyl sites for hydroxylation is 1. The summed E-state index contributed by atoms with van der Waals surface area (Å²) in [6, 6.07) is 3.47. The number of piperidine rings is 1. The van der Waals surface area contributed by atoms with Gasteiger partial charge in [0.1, 0.15) is 17.7 Å². The van der Waals surface area contributed by atoms with E-state index < -0.39 is 0 Å². The maximum atomic E-state index is 12.8. The maximum Gasteiger partial charge on any atom is 0.263 e. The quantitative estimate of drug-likeness (QED) is 0.925. The third-order valence-corrected chi connectivity index (χ3v) is 4.47. The Morgan fingerprint density at radius 3 is 2.96 bits per heavy atom. The highest BCUT2D eigenvalue weighted by molar-refractivity contribution is 5.94. The van der Waals surface area contributed by atoms with Crippen molar-refractivity contribution in [1.82, 2.24) is 24.6 Å². The molecule has 1 aliphatic rings. The lowest BCUT2D eigenvalue weighted by Crippen LogP contribution is -2.42. The van der Waals surface area contributed by atoms with Crippen LogP contribution in [-0.2, 0) is 6.54 Å². The van der Waals surface area contributed by atoms with Crippen LogP contribution in [0.4, 0.5) is 0 Å². The Bertz CT molecular complexity index is 750. The summed E-state index contributed by atoms with van der Waals surface area (Å²) >= 11 is 0. The molecular formula is C16H21N5O2. The van der Waals surface area contributed by atoms with Gasteiger partial charge in [-0.25, -0.2) is 4.98 Å². The van der Waals surface area contributed by atoms with E-state index in [-0.39, 0.29) is 22.9 Å². The van der Waals surface area contributed by atoms with Gasteiger partial charge in [-0.15, -0.1) is 0 Å². The lowest BCUT2D eigenvalue weighted by atomic mass is 9.97. The number of likely N-dealkylation sites (tertiary alicyclic amines) is 1. The molecule has 0 aliphatic carbocycles. The molecule has 0 unspecified atom stereocenters. The summed E-state index contributed by atoms with van der Waals surface area (Å²) in [5.74, 6) is 0.757. The molecule has 1 fully saturated rings. The van der Waals surface area contributed by atoms with E-state index in [1.165, 1.54) is 6.33 Å². The van der Waals surface area contributed by atoms with E-state index >= 15 is 0 Å². The van der Waals surface area contributed by atoms with Gasteiger partial charge in [0.2, 0.25) is 0 Å². The van der Waals surface area contributed by atoms with Gasteiger partial charge in [0.25, 0.3) is 11.5 Å². The molecule has 2 aromatic rings. The Balaban J connectivity index is 1.84. The lowest BCUT2D eigenvalue weighted by molar-refractivity contribution is 0.0702. The summed E-state index contributed by atoms with van der Waals surface area (Å²) in [5.41, 5.74) is 0.905. The predicted octanol–water partition coefficient (Wildman–Crippen LogP) is 1.31. The number of rotatable bonds is 3. The highest BCUT2D eigenvalue weighted by Crippen LogP contribution is 2.24. The van der Waals surface area contributed by atoms with Crippen LogP contribution >= 0.6 is 0 Å². The molecule has 0 aromatic carbocycles. The van der Waals surface area contributed by atoms with Gasteiger partial charge in [-0.05, 0) is 38.8 Å². The highest BCUT2D eigenvalue weighted by atomic mass is 16.2. The zero-order chi connectivity index (χ0) is 16.4. The number of amides is 1. The van der Waals surface area contributed by atoms with Crippen LogP contribution in [-0.4, -0.2) is 43.6 Å². The van der Waals surface area contributed by atoms with Gasteiger partial charge in [0.05, 0.1) is 0 Å². The molecule has 0 spiro atoms. The van der Waals surface area contributed by atoms with Crippen LogP contribution in [0.1, 0.15) is 47.6 Å². The van der Waals surface area contributed by atoms with Gasteiger partial charge < -0.3 is 9.47 Å². The second-order valence-electron chi connectivity index (χ2n) is 5.90. The largest absolute Gasteiger partial charge is 0.338 e. The number of hydrogen-bond donors (Lipinski definition) is 1. The summed E-state index contributed by atoms with van der Waals surface area (Å²) in [5, 5.41) is 6.76. The average molecular weight is 315 g/mol. The van der Waals surface area contributed by atoms with Crippen LogP contribution in [0.25, 0.3) is 0 Å². The van der Waals surface area contributed by atoms with Crippen LogP contribution < -0.4 is 5.56 Å². The zero-order valence-electron chi connectivity index (χ0n) is 13.5. The Kier molecular flexibility index (Phi) is 4.27. The molecule has 1 saturated heterocycles. The standard InChI is InChI=1S/C16H21N5O2/c1-3-21-11(2)6-7-13(16(21)23)15(22)20-8-4-5-12(9-20)14-17-10-18-19-14/h6-7,10,12H,3-5,8-9H2,1-2H3,(H,17,18,19)/t12-/m1/s1. The molecule has 0 radical (unpaired) electrons. The Hall–Kier alpha value is -2.44. The SMILES string of the molecule is CCn1c(C)ccc(C(=O)N2CCC[C@@H](c3ncn[nH]3)C2)c1=O. The normalized spacial score (nSPS) is 18.2. The number of aromatic nitrogens is 4. The molecule has 3 rings (SSSR count). The number of carbonyl (C=O) groups is 1. The van der Waals surface area contributed by atoms with E-state index in [1.807, 2.05) is 19.9 Å². The number of nitrogens with one attached hydrogen (secondary N) is 1. The third kappa shape index (κ3) is 2.91. The molecule has 1 N–H and O–H groups in total. The van der Waals surface area contributed by atoms with Gasteiger partial charge in [-0.3, -0.25) is 14.7 Å². The Labute approximate surface area is 134 Å². The lowest BCUT2D eigenvalue weighted by Gasteiger charge is -2.31. The van der Waals surface area contributed by atoms with Crippen molar-refractivity contribution in [3.05, 3.63) is 45.9 Å². The van der Waals surface area contributed by atoms with Crippen molar-refractivity contribution in [1.29, 1.82) is 0 Å². The first kappa shape index (κ1) is 15.5. The van der Waals surface area contributed by atoms with Gasteiger partial charge >= 0.3 is 0 Å². The van der Waals surface area contributed by atoms with Crippen LogP contribution in [0.15, 0.2) is 23.3 Å². The van der Waals surface area contributed by atoms with E-state index in [0.29, 0.717) is 19.6 Å². The fourth-order valence-corrected chi connectivity index (χ4v) is 3.19. The Morgan fingerprint density at radius 1 is 1.43 bits per heavy atom. The number of pyridine rings is 1. The first-order valence-electron chi connectivity index (χ1n) is 7.96. The summed E-state index contributed by atoms with van der Waals surface area (Å²) in [6.45, 7) is 5.58. The number of H-pyrrole nitrogens is 1. The molecule has 1 amide bonds. The molecule has 3 heterocycles. The fraction of sp³-hybridized carbons (Fsp3) is 0.500. The van der Waals surface area contributed by atoms with Crippen molar-refractivity contribution in [2.75, 3.05) is 13.1 Å². The van der Waals surface area contributed by atoms with E-state index in [2.05, 4.69) is 15.2 Å². The van der Waals surface area contributed by atoms with Crippen molar-refractivity contribution < 1.29 is 4.79 Å². The molecule has 23 heavy (non-hydrogen) atoms. The van der Waals surface area contributed by atoms with Crippen molar-refractivity contribution >= 4 is 5.91 Å². The average Bonchev–Trinajstić information content (AvgIpc) is 3.09. The molecule has 0 saturated carbocycles. The smallest absolute Gasteiger partial charge is 0.263 e. The van der Waals surface area contributed by atoms with Crippen LogP contribution in [0.2, 0.25) is 0 Å². The molecule has 0 bridgehead atoms. The molecule has 1 atom stereocenters. The number of nitrogens with zero attached hydrogens (tertiary/aromatic N) is 4. The molecule has 2 aromatic heterocycles. The van der Waals surface area contributed by atoms with E-state index in [4.69, 9.17) is 0 Å². The summed E-state index contributed by atoms with van der Waals surface area (Å²) in [7, 11) is 0. The Morgan fingerprint density at radius 2 is 2.26 bits per heavy atom. The van der Waals surface area contributed by atoms with Crippen LogP contribution in [0.5, 0.6) is 0 Å². The minimum atomic E-state index is -0.209. The predicted molar refractivity (Wildman–Crippen MR) is 85.4 cm³/mol. The number of carbonyl (C=O) groups excluding carboxylic acids is 1. The summed E-state index contributed by atoms with van der Waals surface area (Å²) < 4.78 is 1.63. The van der Waals surface area contributed by atoms with Gasteiger partial charge in [-0.2, -0.15) is 5.10 Å². The van der Waals surface area contributed by atoms with Gasteiger partial charge in [0, 0.05) is 31.2 Å². The first-order valence-corrected chi connectivity index (χ1v) is 7.96. The van der Waals surface area contributed by atoms with Crippen LogP contribution in [0.3, 0.4) is 0 Å². The maximum absolute atomic E-state index is 12.8. The molecule has 7 heteroatoms. The van der Waals surface area contributed by atoms with E-state index in [9.17, 15) is 9.59 Å². The minimum absolute atomic E-state index is 0.147. The van der Waals surface area contributed by atoms with Crippen LogP contribution in [0, 0.1) is 6.92 Å². The minimum Gasteiger partial charge on any atom is -0.338 e. The molecule has 1 aliphatic heterocycles. The van der Waals surface area contributed by atoms with Crippen molar-refractivity contribution in [3.63, 3.8) is 0 Å². The summed E-state index contributed by atoms with van der Waals surface area (Å²) in [6.07, 6.45) is 3.34. The van der Waals surface area contributed by atoms with E-state index in [0.717, 1.165) is 24.4 Å². The molecule has 7 nitrogen and oxygen atoms in total. The molecular weight excluding hydrogens is 294 g/mol. The first-order chi connectivity index (χ1) is 11.1. The number of hydrogen-bond acceptors (Lipinski definition) is 4. The van der Waals surface area contributed by atoms with Gasteiger partial charge in [-0.1, -0.05) is 0 Å². The third-order valence-electron chi connectivity index (χ3n) is 4.47.